The molecular formula is C17H13BrN2O3S. The van der Waals surface area contributed by atoms with Gasteiger partial charge in [-0.1, -0.05) is 39.8 Å². The minimum atomic E-state index is -0.489. The van der Waals surface area contributed by atoms with E-state index in [1.54, 1.807) is 36.4 Å². The Balaban J connectivity index is 1.67. The average molecular weight is 405 g/mol. The molecule has 7 heteroatoms. The summed E-state index contributed by atoms with van der Waals surface area (Å²) in [6.07, 6.45) is 0.118. The number of aromatic hydroxyl groups is 1. The van der Waals surface area contributed by atoms with Gasteiger partial charge >= 0.3 is 0 Å². The van der Waals surface area contributed by atoms with Crippen molar-refractivity contribution < 1.29 is 14.7 Å². The average Bonchev–Trinajstić information content (AvgIpc) is 2.89. The molecule has 0 bridgehead atoms. The second-order valence-electron chi connectivity index (χ2n) is 5.16. The maximum absolute atomic E-state index is 12.3. The number of hydrogen-bond acceptors (Lipinski definition) is 5. The van der Waals surface area contributed by atoms with Gasteiger partial charge in [0.05, 0.1) is 10.9 Å². The first-order chi connectivity index (χ1) is 11.5. The molecule has 2 N–H and O–H groups in total. The van der Waals surface area contributed by atoms with Crippen molar-refractivity contribution in [1.29, 1.82) is 0 Å². The van der Waals surface area contributed by atoms with Crippen LogP contribution in [0.4, 0.5) is 5.69 Å². The van der Waals surface area contributed by atoms with E-state index in [-0.39, 0.29) is 23.9 Å². The lowest BCUT2D eigenvalue weighted by Crippen LogP contribution is -2.26. The smallest absolute Gasteiger partial charge is 0.240 e. The summed E-state index contributed by atoms with van der Waals surface area (Å²) in [5.74, 6) is -0.149. The van der Waals surface area contributed by atoms with Gasteiger partial charge in [0.15, 0.2) is 11.0 Å². The Morgan fingerprint density at radius 1 is 1.17 bits per heavy atom. The third kappa shape index (κ3) is 4.04. The maximum Gasteiger partial charge on any atom is 0.240 e. The van der Waals surface area contributed by atoms with Crippen LogP contribution in [-0.4, -0.2) is 27.2 Å². The Bertz CT molecular complexity index is 804. The molecule has 1 heterocycles. The molecule has 122 valence electrons. The van der Waals surface area contributed by atoms with Gasteiger partial charge in [0.1, 0.15) is 5.75 Å². The van der Waals surface area contributed by atoms with E-state index in [2.05, 4.69) is 26.2 Å². The van der Waals surface area contributed by atoms with Crippen LogP contribution in [0, 0.1) is 0 Å². The molecule has 0 radical (unpaired) electrons. The van der Waals surface area contributed by atoms with E-state index in [0.29, 0.717) is 16.4 Å². The number of thioether (sulfide) groups is 1. The predicted octanol–water partition coefficient (Wildman–Crippen LogP) is 3.65. The second-order valence-corrected chi connectivity index (χ2v) is 7.27. The number of aliphatic imine (C=N–C) groups is 1. The van der Waals surface area contributed by atoms with Crippen molar-refractivity contribution in [2.24, 2.45) is 4.99 Å². The van der Waals surface area contributed by atoms with E-state index < -0.39 is 5.25 Å². The molecule has 24 heavy (non-hydrogen) atoms. The van der Waals surface area contributed by atoms with Gasteiger partial charge in [-0.05, 0) is 36.4 Å². The number of amides is 1. The van der Waals surface area contributed by atoms with Crippen molar-refractivity contribution >= 4 is 50.2 Å². The van der Waals surface area contributed by atoms with Gasteiger partial charge in [0.2, 0.25) is 5.91 Å². The molecule has 5 nitrogen and oxygen atoms in total. The predicted molar refractivity (Wildman–Crippen MR) is 97.8 cm³/mol. The summed E-state index contributed by atoms with van der Waals surface area (Å²) in [6, 6.07) is 13.4. The van der Waals surface area contributed by atoms with Gasteiger partial charge in [0, 0.05) is 16.5 Å². The number of carbonyl (C=O) groups is 2. The van der Waals surface area contributed by atoms with Crippen LogP contribution in [-0.2, 0) is 4.79 Å². The number of phenols is 1. The van der Waals surface area contributed by atoms with Gasteiger partial charge in [-0.15, -0.1) is 0 Å². The van der Waals surface area contributed by atoms with E-state index in [4.69, 9.17) is 0 Å². The first-order valence-corrected chi connectivity index (χ1v) is 8.82. The number of carbonyl (C=O) groups excluding carboxylic acids is 2. The summed E-state index contributed by atoms with van der Waals surface area (Å²) in [7, 11) is 0. The highest BCUT2D eigenvalue weighted by Crippen LogP contribution is 2.27. The third-order valence-electron chi connectivity index (χ3n) is 3.39. The summed E-state index contributed by atoms with van der Waals surface area (Å²) >= 11 is 4.57. The van der Waals surface area contributed by atoms with Crippen molar-refractivity contribution in [3.05, 3.63) is 58.6 Å². The fraction of sp³-hybridized carbons (Fsp3) is 0.118. The molecule has 1 atom stereocenters. The standard InChI is InChI=1S/C17H13BrN2O3S/c18-11-3-1-10(2-4-11)14(22)9-15-16(23)20-17(24-15)19-12-5-7-13(21)8-6-12/h1-8,15,21H,9H2,(H,19,20,23)/t15-/m0/s1. The highest BCUT2D eigenvalue weighted by atomic mass is 79.9. The molecule has 2 aromatic rings. The van der Waals surface area contributed by atoms with Gasteiger partial charge in [-0.25, -0.2) is 4.99 Å². The molecule has 1 aliphatic rings. The number of nitrogens with zero attached hydrogens (tertiary/aromatic N) is 1. The maximum atomic E-state index is 12.3. The summed E-state index contributed by atoms with van der Waals surface area (Å²) in [5.41, 5.74) is 1.20. The Hall–Kier alpha value is -2.12. The fourth-order valence-electron chi connectivity index (χ4n) is 2.16. The van der Waals surface area contributed by atoms with E-state index >= 15 is 0 Å². The monoisotopic (exact) mass is 404 g/mol. The highest BCUT2D eigenvalue weighted by Gasteiger charge is 2.32. The van der Waals surface area contributed by atoms with E-state index in [1.807, 2.05) is 0 Å². The van der Waals surface area contributed by atoms with Crippen molar-refractivity contribution in [3.8, 4) is 5.75 Å². The van der Waals surface area contributed by atoms with Crippen molar-refractivity contribution in [2.45, 2.75) is 11.7 Å². The molecule has 1 fully saturated rings. The Morgan fingerprint density at radius 3 is 2.50 bits per heavy atom. The van der Waals surface area contributed by atoms with E-state index in [1.165, 1.54) is 23.9 Å². The van der Waals surface area contributed by atoms with Crippen LogP contribution < -0.4 is 5.32 Å². The number of nitrogens with one attached hydrogen (secondary N) is 1. The van der Waals surface area contributed by atoms with Crippen LogP contribution in [0.1, 0.15) is 16.8 Å². The molecule has 3 rings (SSSR count). The number of rotatable bonds is 4. The summed E-state index contributed by atoms with van der Waals surface area (Å²) in [6.45, 7) is 0. The van der Waals surface area contributed by atoms with Crippen molar-refractivity contribution in [3.63, 3.8) is 0 Å². The lowest BCUT2D eigenvalue weighted by atomic mass is 10.1. The summed E-state index contributed by atoms with van der Waals surface area (Å²) < 4.78 is 0.898. The van der Waals surface area contributed by atoms with Crippen LogP contribution in [0.3, 0.4) is 0 Å². The number of amidine groups is 1. The Labute approximate surface area is 151 Å². The van der Waals surface area contributed by atoms with Gasteiger partial charge < -0.3 is 10.4 Å². The van der Waals surface area contributed by atoms with Crippen LogP contribution in [0.25, 0.3) is 0 Å². The van der Waals surface area contributed by atoms with Gasteiger partial charge in [0.25, 0.3) is 0 Å². The minimum absolute atomic E-state index is 0.0824. The zero-order valence-corrected chi connectivity index (χ0v) is 14.8. The molecule has 2 aromatic carbocycles. The molecule has 1 amide bonds. The summed E-state index contributed by atoms with van der Waals surface area (Å²) in [4.78, 5) is 28.6. The van der Waals surface area contributed by atoms with Gasteiger partial charge in [-0.2, -0.15) is 0 Å². The first-order valence-electron chi connectivity index (χ1n) is 7.15. The Kier molecular flexibility index (Phi) is 5.01. The second kappa shape index (κ2) is 7.19. The molecule has 1 aliphatic heterocycles. The normalized spacial score (nSPS) is 18.6. The SMILES string of the molecule is O=C(C[C@@H]1SC(=Nc2ccc(O)cc2)NC1=O)c1ccc(Br)cc1. The summed E-state index contributed by atoms with van der Waals surface area (Å²) in [5, 5.41) is 11.9. The fourth-order valence-corrected chi connectivity index (χ4v) is 3.41. The van der Waals surface area contributed by atoms with Crippen LogP contribution in [0.2, 0.25) is 0 Å². The first kappa shape index (κ1) is 16.7. The largest absolute Gasteiger partial charge is 0.508 e. The number of benzene rings is 2. The topological polar surface area (TPSA) is 78.8 Å². The lowest BCUT2D eigenvalue weighted by molar-refractivity contribution is -0.118. The molecule has 0 aromatic heterocycles. The molecule has 1 saturated heterocycles. The molecule has 0 saturated carbocycles. The quantitative estimate of drug-likeness (QED) is 0.762. The van der Waals surface area contributed by atoms with E-state index in [9.17, 15) is 14.7 Å². The molecule has 0 spiro atoms. The van der Waals surface area contributed by atoms with E-state index in [0.717, 1.165) is 4.47 Å². The zero-order valence-electron chi connectivity index (χ0n) is 12.4. The number of Topliss-reactive ketones (excluding diaryl/α,β-unsaturated/α-hetero) is 1. The van der Waals surface area contributed by atoms with Crippen molar-refractivity contribution in [2.75, 3.05) is 0 Å². The number of phenolic OH excluding ortho intramolecular Hbond substituents is 1. The van der Waals surface area contributed by atoms with Crippen LogP contribution >= 0.6 is 27.7 Å². The molecule has 0 aliphatic carbocycles. The zero-order chi connectivity index (χ0) is 17.1. The molecule has 0 unspecified atom stereocenters. The minimum Gasteiger partial charge on any atom is -0.508 e. The number of ketones is 1. The van der Waals surface area contributed by atoms with Gasteiger partial charge in [-0.3, -0.25) is 9.59 Å². The third-order valence-corrected chi connectivity index (χ3v) is 5.00. The lowest BCUT2D eigenvalue weighted by Gasteiger charge is -2.04. The highest BCUT2D eigenvalue weighted by molar-refractivity contribution is 9.10. The van der Waals surface area contributed by atoms with Crippen LogP contribution in [0.15, 0.2) is 58.0 Å². The number of halogens is 1. The number of hydrogen-bond donors (Lipinski definition) is 2. The van der Waals surface area contributed by atoms with Crippen LogP contribution in [0.5, 0.6) is 5.75 Å². The van der Waals surface area contributed by atoms with Crippen molar-refractivity contribution in [1.82, 2.24) is 5.32 Å². The molecular weight excluding hydrogens is 392 g/mol. The Morgan fingerprint density at radius 2 is 1.83 bits per heavy atom.